The van der Waals surface area contributed by atoms with Gasteiger partial charge in [-0.05, 0) is 94.8 Å². The fourth-order valence-corrected chi connectivity index (χ4v) is 4.98. The number of aromatic hydroxyl groups is 1. The summed E-state index contributed by atoms with van der Waals surface area (Å²) in [4.78, 5) is 43.8. The summed E-state index contributed by atoms with van der Waals surface area (Å²) in [5.41, 5.74) is 2.71. The molecule has 3 N–H and O–H groups in total. The van der Waals surface area contributed by atoms with Crippen molar-refractivity contribution in [3.8, 4) is 5.75 Å². The van der Waals surface area contributed by atoms with Crippen LogP contribution in [0.25, 0.3) is 0 Å². The molecule has 8 heteroatoms. The van der Waals surface area contributed by atoms with Gasteiger partial charge in [0, 0.05) is 18.5 Å². The van der Waals surface area contributed by atoms with Gasteiger partial charge in [0.15, 0.2) is 0 Å². The van der Waals surface area contributed by atoms with Gasteiger partial charge in [-0.25, -0.2) is 4.79 Å². The van der Waals surface area contributed by atoms with Gasteiger partial charge < -0.3 is 25.4 Å². The number of carbonyl (C=O) groups excluding carboxylic acids is 3. The van der Waals surface area contributed by atoms with Crippen molar-refractivity contribution >= 4 is 17.9 Å². The summed E-state index contributed by atoms with van der Waals surface area (Å²) in [5.74, 6) is -0.648. The fourth-order valence-electron chi connectivity index (χ4n) is 4.98. The number of benzene rings is 3. The molecule has 2 atom stereocenters. The molecule has 236 valence electrons. The Bertz CT molecular complexity index is 1430. The third-order valence-electron chi connectivity index (χ3n) is 7.88. The maximum absolute atomic E-state index is 14.8. The smallest absolute Gasteiger partial charge is 0.408 e. The first-order valence-electron chi connectivity index (χ1n) is 15.1. The van der Waals surface area contributed by atoms with E-state index in [2.05, 4.69) is 10.6 Å². The van der Waals surface area contributed by atoms with Crippen LogP contribution in [0.3, 0.4) is 0 Å². The van der Waals surface area contributed by atoms with Crippen molar-refractivity contribution in [3.05, 3.63) is 101 Å². The summed E-state index contributed by atoms with van der Waals surface area (Å²) in [6, 6.07) is 19.8. The Balaban J connectivity index is 2.13. The lowest BCUT2D eigenvalue weighted by atomic mass is 9.88. The summed E-state index contributed by atoms with van der Waals surface area (Å²) >= 11 is 0. The van der Waals surface area contributed by atoms with Gasteiger partial charge in [0.1, 0.15) is 23.4 Å². The molecule has 0 radical (unpaired) electrons. The maximum Gasteiger partial charge on any atom is 0.408 e. The van der Waals surface area contributed by atoms with Gasteiger partial charge in [-0.3, -0.25) is 9.59 Å². The van der Waals surface area contributed by atoms with Gasteiger partial charge in [0.25, 0.3) is 0 Å². The molecule has 0 aliphatic carbocycles. The van der Waals surface area contributed by atoms with Crippen LogP contribution in [-0.2, 0) is 27.3 Å². The van der Waals surface area contributed by atoms with Crippen LogP contribution in [0.1, 0.15) is 81.8 Å². The molecule has 0 aromatic heterocycles. The lowest BCUT2D eigenvalue weighted by Crippen LogP contribution is -2.60. The Labute approximate surface area is 261 Å². The van der Waals surface area contributed by atoms with Crippen LogP contribution in [-0.4, -0.2) is 45.1 Å². The second-order valence-corrected chi connectivity index (χ2v) is 12.8. The maximum atomic E-state index is 14.8. The Hall–Kier alpha value is -4.33. The molecule has 3 aromatic rings. The molecule has 0 bridgehead atoms. The molecule has 3 aromatic carbocycles. The zero-order valence-corrected chi connectivity index (χ0v) is 27.2. The molecule has 0 heterocycles. The predicted molar refractivity (Wildman–Crippen MR) is 173 cm³/mol. The van der Waals surface area contributed by atoms with Crippen molar-refractivity contribution < 1.29 is 24.2 Å². The molecular weight excluding hydrogens is 554 g/mol. The molecule has 0 saturated carbocycles. The van der Waals surface area contributed by atoms with Crippen LogP contribution in [0.2, 0.25) is 0 Å². The van der Waals surface area contributed by atoms with Crippen molar-refractivity contribution in [2.45, 2.75) is 98.0 Å². The standard InChI is InChI=1S/C36H47N3O5/c1-9-36(7,8)39(33(42)30(38-34(43)44-35(4,5)6)22-26-18-20-28(40)21-19-26)31(29-17-13-14-24(2)25(29)3)32(41)37-23-27-15-11-10-12-16-27/h10-21,30-31,40H,9,22-23H2,1-8H3,(H,37,41)(H,38,43). The minimum atomic E-state index is -1.06. The molecule has 0 saturated heterocycles. The predicted octanol–water partition coefficient (Wildman–Crippen LogP) is 6.52. The average Bonchev–Trinajstić information content (AvgIpc) is 2.96. The van der Waals surface area contributed by atoms with Crippen LogP contribution in [0, 0.1) is 13.8 Å². The number of hydrogen-bond acceptors (Lipinski definition) is 5. The van der Waals surface area contributed by atoms with Gasteiger partial charge in [-0.15, -0.1) is 0 Å². The summed E-state index contributed by atoms with van der Waals surface area (Å²) in [7, 11) is 0. The molecule has 0 aliphatic heterocycles. The number of alkyl carbamates (subject to hydrolysis) is 1. The van der Waals surface area contributed by atoms with E-state index in [4.69, 9.17) is 4.74 Å². The molecule has 2 unspecified atom stereocenters. The third kappa shape index (κ3) is 9.09. The van der Waals surface area contributed by atoms with E-state index in [0.29, 0.717) is 18.5 Å². The second kappa shape index (κ2) is 14.4. The Morgan fingerprint density at radius 3 is 2.09 bits per heavy atom. The van der Waals surface area contributed by atoms with E-state index >= 15 is 0 Å². The molecule has 3 rings (SSSR count). The topological polar surface area (TPSA) is 108 Å². The van der Waals surface area contributed by atoms with E-state index in [9.17, 15) is 19.5 Å². The molecular formula is C36H47N3O5. The van der Waals surface area contributed by atoms with E-state index in [-0.39, 0.29) is 18.1 Å². The first-order chi connectivity index (χ1) is 20.6. The number of phenolic OH excluding ortho intramolecular Hbond substituents is 1. The number of aryl methyl sites for hydroxylation is 1. The highest BCUT2D eigenvalue weighted by molar-refractivity contribution is 5.93. The van der Waals surface area contributed by atoms with Crippen molar-refractivity contribution in [3.63, 3.8) is 0 Å². The minimum absolute atomic E-state index is 0.0931. The second-order valence-electron chi connectivity index (χ2n) is 12.8. The first kappa shape index (κ1) is 34.2. The summed E-state index contributed by atoms with van der Waals surface area (Å²) in [6.45, 7) is 15.3. The minimum Gasteiger partial charge on any atom is -0.508 e. The molecule has 3 amide bonds. The quantitative estimate of drug-likeness (QED) is 0.232. The number of amides is 3. The largest absolute Gasteiger partial charge is 0.508 e. The first-order valence-corrected chi connectivity index (χ1v) is 15.1. The van der Waals surface area contributed by atoms with E-state index in [1.165, 1.54) is 12.1 Å². The molecule has 8 nitrogen and oxygen atoms in total. The van der Waals surface area contributed by atoms with E-state index in [0.717, 1.165) is 22.3 Å². The molecule has 0 aliphatic rings. The highest BCUT2D eigenvalue weighted by atomic mass is 16.6. The molecule has 0 spiro atoms. The SMILES string of the molecule is CCC(C)(C)N(C(=O)C(Cc1ccc(O)cc1)NC(=O)OC(C)(C)C)C(C(=O)NCc1ccccc1)c1cccc(C)c1C. The molecule has 44 heavy (non-hydrogen) atoms. The van der Waals surface area contributed by atoms with E-state index < -0.39 is 35.2 Å². The summed E-state index contributed by atoms with van der Waals surface area (Å²) < 4.78 is 5.54. The van der Waals surface area contributed by atoms with Crippen molar-refractivity contribution in [1.82, 2.24) is 15.5 Å². The fraction of sp³-hybridized carbons (Fsp3) is 0.417. The monoisotopic (exact) mass is 601 g/mol. The summed E-state index contributed by atoms with van der Waals surface area (Å²) in [5, 5.41) is 15.7. The summed E-state index contributed by atoms with van der Waals surface area (Å²) in [6.07, 6.45) is -0.0646. The van der Waals surface area contributed by atoms with Gasteiger partial charge in [0.2, 0.25) is 11.8 Å². The van der Waals surface area contributed by atoms with Gasteiger partial charge >= 0.3 is 6.09 Å². The highest BCUT2D eigenvalue weighted by Gasteiger charge is 2.43. The lowest BCUT2D eigenvalue weighted by Gasteiger charge is -2.45. The number of phenols is 1. The van der Waals surface area contributed by atoms with E-state index in [1.807, 2.05) is 83.1 Å². The number of ether oxygens (including phenoxy) is 1. The van der Waals surface area contributed by atoms with Gasteiger partial charge in [-0.2, -0.15) is 0 Å². The zero-order chi connectivity index (χ0) is 32.7. The molecule has 0 fully saturated rings. The van der Waals surface area contributed by atoms with Crippen LogP contribution in [0.15, 0.2) is 72.8 Å². The Morgan fingerprint density at radius 1 is 0.864 bits per heavy atom. The van der Waals surface area contributed by atoms with E-state index in [1.54, 1.807) is 37.8 Å². The normalized spacial score (nSPS) is 13.0. The van der Waals surface area contributed by atoms with Gasteiger partial charge in [-0.1, -0.05) is 67.6 Å². The number of nitrogens with zero attached hydrogens (tertiary/aromatic N) is 1. The van der Waals surface area contributed by atoms with Crippen molar-refractivity contribution in [2.24, 2.45) is 0 Å². The third-order valence-corrected chi connectivity index (χ3v) is 7.88. The number of rotatable bonds is 11. The van der Waals surface area contributed by atoms with Crippen molar-refractivity contribution in [2.75, 3.05) is 0 Å². The van der Waals surface area contributed by atoms with Crippen LogP contribution in [0.4, 0.5) is 4.79 Å². The van der Waals surface area contributed by atoms with Gasteiger partial charge in [0.05, 0.1) is 0 Å². The Kier molecular flexibility index (Phi) is 11.2. The number of carbonyl (C=O) groups is 3. The van der Waals surface area contributed by atoms with Crippen LogP contribution in [0.5, 0.6) is 5.75 Å². The zero-order valence-electron chi connectivity index (χ0n) is 27.2. The number of hydrogen-bond donors (Lipinski definition) is 3. The highest BCUT2D eigenvalue weighted by Crippen LogP contribution is 2.35. The van der Waals surface area contributed by atoms with Crippen molar-refractivity contribution in [1.29, 1.82) is 0 Å². The number of nitrogens with one attached hydrogen (secondary N) is 2. The van der Waals surface area contributed by atoms with Crippen LogP contribution < -0.4 is 10.6 Å². The van der Waals surface area contributed by atoms with Crippen LogP contribution >= 0.6 is 0 Å². The average molecular weight is 602 g/mol. The lowest BCUT2D eigenvalue weighted by molar-refractivity contribution is -0.149. The Morgan fingerprint density at radius 2 is 1.50 bits per heavy atom.